The van der Waals surface area contributed by atoms with E-state index in [4.69, 9.17) is 0 Å². The zero-order valence-electron chi connectivity index (χ0n) is 13.3. The number of hydrogen-bond acceptors (Lipinski definition) is 3. The summed E-state index contributed by atoms with van der Waals surface area (Å²) in [5.41, 5.74) is -0.813. The Hall–Kier alpha value is -0.610. The number of likely N-dealkylation sites (tertiary alicyclic amines) is 1. The third-order valence-electron chi connectivity index (χ3n) is 5.50. The predicted octanol–water partition coefficient (Wildman–Crippen LogP) is 1.87. The van der Waals surface area contributed by atoms with E-state index in [9.17, 15) is 9.90 Å². The Morgan fingerprint density at radius 2 is 1.80 bits per heavy atom. The quantitative estimate of drug-likeness (QED) is 0.859. The second-order valence-electron chi connectivity index (χ2n) is 6.87. The summed E-state index contributed by atoms with van der Waals surface area (Å²) in [6.45, 7) is 3.66. The molecule has 2 aliphatic rings. The first-order valence-corrected chi connectivity index (χ1v) is 8.11. The second-order valence-corrected chi connectivity index (χ2v) is 6.87. The van der Waals surface area contributed by atoms with Crippen molar-refractivity contribution in [2.45, 2.75) is 63.5 Å². The van der Waals surface area contributed by atoms with Crippen molar-refractivity contribution in [3.63, 3.8) is 0 Å². The van der Waals surface area contributed by atoms with Gasteiger partial charge in [-0.25, -0.2) is 0 Å². The van der Waals surface area contributed by atoms with Crippen LogP contribution in [0.4, 0.5) is 0 Å². The summed E-state index contributed by atoms with van der Waals surface area (Å²) in [4.78, 5) is 16.8. The van der Waals surface area contributed by atoms with Crippen LogP contribution in [-0.2, 0) is 4.79 Å². The highest BCUT2D eigenvalue weighted by molar-refractivity contribution is 5.79. The van der Waals surface area contributed by atoms with E-state index in [1.165, 1.54) is 19.3 Å². The van der Waals surface area contributed by atoms with Crippen molar-refractivity contribution in [1.29, 1.82) is 0 Å². The highest BCUT2D eigenvalue weighted by Gasteiger charge is 2.42. The Morgan fingerprint density at radius 1 is 1.25 bits per heavy atom. The fraction of sp³-hybridized carbons (Fsp3) is 0.938. The highest BCUT2D eigenvalue weighted by atomic mass is 16.3. The number of piperidine rings is 1. The average molecular weight is 282 g/mol. The number of hydrogen-bond donors (Lipinski definition) is 1. The monoisotopic (exact) mass is 282 g/mol. The van der Waals surface area contributed by atoms with Gasteiger partial charge in [0.1, 0.15) is 0 Å². The fourth-order valence-electron chi connectivity index (χ4n) is 3.62. The number of aliphatic hydroxyl groups is 1. The van der Waals surface area contributed by atoms with Gasteiger partial charge in [-0.1, -0.05) is 26.2 Å². The lowest BCUT2D eigenvalue weighted by Crippen LogP contribution is -2.53. The van der Waals surface area contributed by atoms with Crippen LogP contribution in [0.5, 0.6) is 0 Å². The maximum atomic E-state index is 12.7. The summed E-state index contributed by atoms with van der Waals surface area (Å²) in [5.74, 6) is -0.160. The van der Waals surface area contributed by atoms with Gasteiger partial charge in [-0.3, -0.25) is 4.79 Å². The summed E-state index contributed by atoms with van der Waals surface area (Å²) < 4.78 is 0. The molecule has 0 spiro atoms. The molecular weight excluding hydrogens is 252 g/mol. The molecule has 0 bridgehead atoms. The van der Waals surface area contributed by atoms with E-state index in [1.54, 1.807) is 0 Å². The molecule has 1 atom stereocenters. The highest BCUT2D eigenvalue weighted by Crippen LogP contribution is 2.32. The fourth-order valence-corrected chi connectivity index (χ4v) is 3.62. The molecule has 2 rings (SSSR count). The van der Waals surface area contributed by atoms with Gasteiger partial charge in [0.25, 0.3) is 0 Å². The van der Waals surface area contributed by atoms with Crippen LogP contribution < -0.4 is 0 Å². The Morgan fingerprint density at radius 3 is 2.35 bits per heavy atom. The first kappa shape index (κ1) is 15.8. The average Bonchev–Trinajstić information content (AvgIpc) is 2.49. The van der Waals surface area contributed by atoms with Crippen molar-refractivity contribution in [3.8, 4) is 0 Å². The Bertz CT molecular complexity index is 331. The van der Waals surface area contributed by atoms with Crippen molar-refractivity contribution in [2.75, 3.05) is 27.2 Å². The molecule has 1 unspecified atom stereocenters. The first-order valence-electron chi connectivity index (χ1n) is 8.11. The lowest BCUT2D eigenvalue weighted by atomic mass is 9.79. The van der Waals surface area contributed by atoms with Crippen LogP contribution in [0, 0.1) is 5.92 Å². The van der Waals surface area contributed by atoms with E-state index in [0.29, 0.717) is 18.9 Å². The standard InChI is InChI=1S/C16H30N2O2/c1-13(16(20)9-11-17(2)12-10-16)15(19)18(3)14-7-5-4-6-8-14/h13-14,20H,4-12H2,1-3H3. The molecule has 116 valence electrons. The van der Waals surface area contributed by atoms with Gasteiger partial charge in [0.15, 0.2) is 0 Å². The zero-order chi connectivity index (χ0) is 14.8. The Balaban J connectivity index is 1.96. The van der Waals surface area contributed by atoms with Gasteiger partial charge in [-0.05, 0) is 32.7 Å². The van der Waals surface area contributed by atoms with E-state index in [1.807, 2.05) is 18.9 Å². The molecule has 1 aliphatic heterocycles. The number of amides is 1. The Kier molecular flexibility index (Phi) is 5.08. The molecule has 1 amide bonds. The van der Waals surface area contributed by atoms with E-state index >= 15 is 0 Å². The van der Waals surface area contributed by atoms with Crippen LogP contribution in [0.2, 0.25) is 0 Å². The van der Waals surface area contributed by atoms with Crippen LogP contribution in [0.1, 0.15) is 51.9 Å². The summed E-state index contributed by atoms with van der Waals surface area (Å²) in [6, 6.07) is 0.383. The molecule has 1 saturated carbocycles. The maximum absolute atomic E-state index is 12.7. The van der Waals surface area contributed by atoms with Gasteiger partial charge in [0.05, 0.1) is 11.5 Å². The minimum atomic E-state index is -0.813. The number of rotatable bonds is 3. The van der Waals surface area contributed by atoms with Gasteiger partial charge < -0.3 is 14.9 Å². The van der Waals surface area contributed by atoms with Crippen molar-refractivity contribution < 1.29 is 9.90 Å². The SMILES string of the molecule is CC(C(=O)N(C)C1CCCCC1)C1(O)CCN(C)CC1. The summed E-state index contributed by atoms with van der Waals surface area (Å²) in [6.07, 6.45) is 7.40. The van der Waals surface area contributed by atoms with Crippen molar-refractivity contribution in [3.05, 3.63) is 0 Å². The first-order chi connectivity index (χ1) is 9.44. The van der Waals surface area contributed by atoms with Crippen LogP contribution in [-0.4, -0.2) is 59.6 Å². The molecule has 4 heteroatoms. The molecular formula is C16H30N2O2. The third kappa shape index (κ3) is 3.34. The smallest absolute Gasteiger partial charge is 0.228 e. The van der Waals surface area contributed by atoms with Gasteiger partial charge in [0, 0.05) is 26.2 Å². The van der Waals surface area contributed by atoms with Gasteiger partial charge in [-0.15, -0.1) is 0 Å². The summed E-state index contributed by atoms with van der Waals surface area (Å²) in [5, 5.41) is 10.8. The minimum absolute atomic E-state index is 0.129. The molecule has 2 fully saturated rings. The lowest BCUT2D eigenvalue weighted by Gasteiger charge is -2.42. The van der Waals surface area contributed by atoms with E-state index in [2.05, 4.69) is 11.9 Å². The largest absolute Gasteiger partial charge is 0.389 e. The molecule has 0 aromatic carbocycles. The maximum Gasteiger partial charge on any atom is 0.228 e. The van der Waals surface area contributed by atoms with Crippen molar-refractivity contribution in [2.24, 2.45) is 5.92 Å². The third-order valence-corrected chi connectivity index (χ3v) is 5.50. The normalized spacial score (nSPS) is 26.2. The molecule has 20 heavy (non-hydrogen) atoms. The lowest BCUT2D eigenvalue weighted by molar-refractivity contribution is -0.149. The van der Waals surface area contributed by atoms with E-state index < -0.39 is 5.60 Å². The molecule has 0 aromatic heterocycles. The molecule has 1 heterocycles. The van der Waals surface area contributed by atoms with Crippen molar-refractivity contribution in [1.82, 2.24) is 9.80 Å². The van der Waals surface area contributed by atoms with Gasteiger partial charge >= 0.3 is 0 Å². The molecule has 1 saturated heterocycles. The van der Waals surface area contributed by atoms with Gasteiger partial charge in [-0.2, -0.15) is 0 Å². The summed E-state index contributed by atoms with van der Waals surface area (Å²) in [7, 11) is 3.99. The molecule has 0 aromatic rings. The van der Waals surface area contributed by atoms with E-state index in [-0.39, 0.29) is 11.8 Å². The van der Waals surface area contributed by atoms with Crippen LogP contribution in [0.15, 0.2) is 0 Å². The number of carbonyl (C=O) groups excluding carboxylic acids is 1. The number of carbonyl (C=O) groups is 1. The molecule has 4 nitrogen and oxygen atoms in total. The van der Waals surface area contributed by atoms with E-state index in [0.717, 1.165) is 25.9 Å². The van der Waals surface area contributed by atoms with Crippen LogP contribution >= 0.6 is 0 Å². The second kappa shape index (κ2) is 6.44. The summed E-state index contributed by atoms with van der Waals surface area (Å²) >= 11 is 0. The van der Waals surface area contributed by atoms with Crippen LogP contribution in [0.3, 0.4) is 0 Å². The Labute approximate surface area is 123 Å². The van der Waals surface area contributed by atoms with Crippen LogP contribution in [0.25, 0.3) is 0 Å². The number of nitrogens with zero attached hydrogens (tertiary/aromatic N) is 2. The molecule has 1 aliphatic carbocycles. The topological polar surface area (TPSA) is 43.8 Å². The van der Waals surface area contributed by atoms with Gasteiger partial charge in [0.2, 0.25) is 5.91 Å². The predicted molar refractivity (Wildman–Crippen MR) is 80.5 cm³/mol. The molecule has 1 N–H and O–H groups in total. The zero-order valence-corrected chi connectivity index (χ0v) is 13.3. The van der Waals surface area contributed by atoms with Crippen molar-refractivity contribution >= 4 is 5.91 Å². The molecule has 0 radical (unpaired) electrons. The minimum Gasteiger partial charge on any atom is -0.389 e.